The monoisotopic (exact) mass is 298 g/mol. The Hall–Kier alpha value is -2.33. The molecule has 0 radical (unpaired) electrons. The zero-order chi connectivity index (χ0) is 16.1. The number of aromatic carboxylic acids is 1. The standard InChI is InChI=1S/C18H22N2O2/c1-20(2)17-9-7-14(8-10-17)16(12-19)11-13-3-5-15(6-4-13)18(21)22/h3-10,16H,11-12,19H2,1-2H3,(H,21,22). The Morgan fingerprint density at radius 3 is 2.14 bits per heavy atom. The summed E-state index contributed by atoms with van der Waals surface area (Å²) < 4.78 is 0. The van der Waals surface area contributed by atoms with Gasteiger partial charge < -0.3 is 15.7 Å². The van der Waals surface area contributed by atoms with Crippen LogP contribution in [0.4, 0.5) is 5.69 Å². The minimum atomic E-state index is -0.902. The zero-order valence-corrected chi connectivity index (χ0v) is 13.0. The predicted octanol–water partition coefficient (Wildman–Crippen LogP) is 2.74. The number of carboxylic acid groups (broad SMARTS) is 1. The fourth-order valence-corrected chi connectivity index (χ4v) is 2.45. The Morgan fingerprint density at radius 1 is 1.09 bits per heavy atom. The summed E-state index contributed by atoms with van der Waals surface area (Å²) in [6, 6.07) is 15.4. The van der Waals surface area contributed by atoms with Gasteiger partial charge in [0, 0.05) is 25.7 Å². The quantitative estimate of drug-likeness (QED) is 0.860. The Bertz CT molecular complexity index is 619. The second kappa shape index (κ2) is 7.09. The molecule has 1 unspecified atom stereocenters. The summed E-state index contributed by atoms with van der Waals surface area (Å²) in [6.07, 6.45) is 0.803. The van der Waals surface area contributed by atoms with E-state index in [0.29, 0.717) is 12.1 Å². The van der Waals surface area contributed by atoms with E-state index < -0.39 is 5.97 Å². The van der Waals surface area contributed by atoms with Crippen molar-refractivity contribution < 1.29 is 9.90 Å². The van der Waals surface area contributed by atoms with Crippen LogP contribution in [-0.4, -0.2) is 31.7 Å². The Morgan fingerprint density at radius 2 is 1.68 bits per heavy atom. The number of nitrogens with two attached hydrogens (primary N) is 1. The van der Waals surface area contributed by atoms with Gasteiger partial charge in [0.2, 0.25) is 0 Å². The fourth-order valence-electron chi connectivity index (χ4n) is 2.45. The van der Waals surface area contributed by atoms with Crippen molar-refractivity contribution in [2.24, 2.45) is 5.73 Å². The lowest BCUT2D eigenvalue weighted by molar-refractivity contribution is 0.0697. The molecule has 0 amide bonds. The van der Waals surface area contributed by atoms with Crippen LogP contribution in [0.1, 0.15) is 27.4 Å². The molecule has 0 aromatic heterocycles. The van der Waals surface area contributed by atoms with Crippen molar-refractivity contribution in [2.75, 3.05) is 25.5 Å². The van der Waals surface area contributed by atoms with Gasteiger partial charge in [0.25, 0.3) is 0 Å². The number of nitrogens with zero attached hydrogens (tertiary/aromatic N) is 1. The van der Waals surface area contributed by atoms with Crippen LogP contribution < -0.4 is 10.6 Å². The average molecular weight is 298 g/mol. The number of rotatable bonds is 6. The molecule has 2 aromatic carbocycles. The van der Waals surface area contributed by atoms with E-state index in [1.807, 2.05) is 26.2 Å². The van der Waals surface area contributed by atoms with Crippen molar-refractivity contribution in [2.45, 2.75) is 12.3 Å². The van der Waals surface area contributed by atoms with Crippen LogP contribution >= 0.6 is 0 Å². The molecule has 0 saturated heterocycles. The number of hydrogen-bond acceptors (Lipinski definition) is 3. The SMILES string of the molecule is CN(C)c1ccc(C(CN)Cc2ccc(C(=O)O)cc2)cc1. The van der Waals surface area contributed by atoms with Gasteiger partial charge in [-0.1, -0.05) is 24.3 Å². The highest BCUT2D eigenvalue weighted by molar-refractivity contribution is 5.87. The van der Waals surface area contributed by atoms with E-state index >= 15 is 0 Å². The summed E-state index contributed by atoms with van der Waals surface area (Å²) in [5.74, 6) is -0.673. The summed E-state index contributed by atoms with van der Waals surface area (Å²) >= 11 is 0. The highest BCUT2D eigenvalue weighted by Gasteiger charge is 2.12. The largest absolute Gasteiger partial charge is 0.478 e. The van der Waals surface area contributed by atoms with Crippen molar-refractivity contribution >= 4 is 11.7 Å². The van der Waals surface area contributed by atoms with Gasteiger partial charge in [-0.2, -0.15) is 0 Å². The summed E-state index contributed by atoms with van der Waals surface area (Å²) in [4.78, 5) is 12.9. The van der Waals surface area contributed by atoms with Gasteiger partial charge in [0.05, 0.1) is 5.56 Å². The molecule has 0 aliphatic carbocycles. The summed E-state index contributed by atoms with van der Waals surface area (Å²) in [5, 5.41) is 8.93. The summed E-state index contributed by atoms with van der Waals surface area (Å²) in [6.45, 7) is 0.558. The minimum Gasteiger partial charge on any atom is -0.478 e. The number of anilines is 1. The molecule has 4 heteroatoms. The molecule has 0 heterocycles. The van der Waals surface area contributed by atoms with Gasteiger partial charge in [-0.25, -0.2) is 4.79 Å². The third-order valence-corrected chi connectivity index (χ3v) is 3.85. The van der Waals surface area contributed by atoms with Gasteiger partial charge in [0.1, 0.15) is 0 Å². The van der Waals surface area contributed by atoms with E-state index in [-0.39, 0.29) is 5.92 Å². The second-order valence-electron chi connectivity index (χ2n) is 5.62. The number of hydrogen-bond donors (Lipinski definition) is 2. The van der Waals surface area contributed by atoms with Crippen LogP contribution in [0.5, 0.6) is 0 Å². The predicted molar refractivity (Wildman–Crippen MR) is 89.7 cm³/mol. The topological polar surface area (TPSA) is 66.6 Å². The second-order valence-corrected chi connectivity index (χ2v) is 5.62. The lowest BCUT2D eigenvalue weighted by atomic mass is 9.91. The fraction of sp³-hybridized carbons (Fsp3) is 0.278. The van der Waals surface area contributed by atoms with Crippen LogP contribution in [0, 0.1) is 0 Å². The molecule has 22 heavy (non-hydrogen) atoms. The molecule has 3 N–H and O–H groups in total. The molecule has 2 rings (SSSR count). The minimum absolute atomic E-state index is 0.229. The number of carbonyl (C=O) groups is 1. The van der Waals surface area contributed by atoms with E-state index in [9.17, 15) is 4.79 Å². The highest BCUT2D eigenvalue weighted by Crippen LogP contribution is 2.23. The molecule has 116 valence electrons. The summed E-state index contributed by atoms with van der Waals surface area (Å²) in [5.41, 5.74) is 9.69. The Balaban J connectivity index is 2.12. The molecular weight excluding hydrogens is 276 g/mol. The first kappa shape index (κ1) is 16.0. The van der Waals surface area contributed by atoms with Crippen molar-refractivity contribution in [1.29, 1.82) is 0 Å². The third kappa shape index (κ3) is 3.86. The highest BCUT2D eigenvalue weighted by atomic mass is 16.4. The molecule has 4 nitrogen and oxygen atoms in total. The van der Waals surface area contributed by atoms with Crippen molar-refractivity contribution in [3.63, 3.8) is 0 Å². The molecule has 1 atom stereocenters. The molecule has 0 saturated carbocycles. The first-order valence-electron chi connectivity index (χ1n) is 7.31. The smallest absolute Gasteiger partial charge is 0.335 e. The number of carboxylic acids is 1. The molecule has 0 aliphatic rings. The molecule has 0 aliphatic heterocycles. The first-order valence-corrected chi connectivity index (χ1v) is 7.31. The zero-order valence-electron chi connectivity index (χ0n) is 13.0. The van der Waals surface area contributed by atoms with Crippen LogP contribution in [-0.2, 0) is 6.42 Å². The molecule has 0 bridgehead atoms. The van der Waals surface area contributed by atoms with E-state index in [0.717, 1.165) is 17.7 Å². The molecule has 2 aromatic rings. The summed E-state index contributed by atoms with van der Waals surface area (Å²) in [7, 11) is 4.03. The van der Waals surface area contributed by atoms with Gasteiger partial charge >= 0.3 is 5.97 Å². The lowest BCUT2D eigenvalue weighted by Crippen LogP contribution is -2.15. The van der Waals surface area contributed by atoms with Crippen molar-refractivity contribution in [1.82, 2.24) is 0 Å². The number of benzene rings is 2. The third-order valence-electron chi connectivity index (χ3n) is 3.85. The van der Waals surface area contributed by atoms with Crippen LogP contribution in [0.3, 0.4) is 0 Å². The van der Waals surface area contributed by atoms with Gasteiger partial charge in [-0.05, 0) is 48.4 Å². The maximum atomic E-state index is 10.9. The van der Waals surface area contributed by atoms with E-state index in [2.05, 4.69) is 29.2 Å². The van der Waals surface area contributed by atoms with Gasteiger partial charge in [-0.3, -0.25) is 0 Å². The van der Waals surface area contributed by atoms with Crippen LogP contribution in [0.15, 0.2) is 48.5 Å². The normalized spacial score (nSPS) is 12.0. The first-order chi connectivity index (χ1) is 10.5. The molecular formula is C18H22N2O2. The van der Waals surface area contributed by atoms with Crippen molar-refractivity contribution in [3.8, 4) is 0 Å². The van der Waals surface area contributed by atoms with Gasteiger partial charge in [0.15, 0.2) is 0 Å². The van der Waals surface area contributed by atoms with E-state index in [1.165, 1.54) is 5.56 Å². The average Bonchev–Trinajstić information content (AvgIpc) is 2.53. The maximum absolute atomic E-state index is 10.9. The van der Waals surface area contributed by atoms with E-state index in [1.54, 1.807) is 12.1 Å². The van der Waals surface area contributed by atoms with Gasteiger partial charge in [-0.15, -0.1) is 0 Å². The maximum Gasteiger partial charge on any atom is 0.335 e. The van der Waals surface area contributed by atoms with Crippen LogP contribution in [0.25, 0.3) is 0 Å². The van der Waals surface area contributed by atoms with E-state index in [4.69, 9.17) is 10.8 Å². The van der Waals surface area contributed by atoms with Crippen LogP contribution in [0.2, 0.25) is 0 Å². The van der Waals surface area contributed by atoms with Crippen molar-refractivity contribution in [3.05, 3.63) is 65.2 Å². The lowest BCUT2D eigenvalue weighted by Gasteiger charge is -2.18. The molecule has 0 spiro atoms. The Labute approximate surface area is 131 Å². The molecule has 0 fully saturated rings. The Kier molecular flexibility index (Phi) is 5.17.